The normalized spacial score (nSPS) is 24.5. The quantitative estimate of drug-likeness (QED) is 0.792. The van der Waals surface area contributed by atoms with Crippen molar-refractivity contribution in [3.05, 3.63) is 0 Å². The van der Waals surface area contributed by atoms with Gasteiger partial charge >= 0.3 is 0 Å². The zero-order valence-corrected chi connectivity index (χ0v) is 11.3. The molecule has 1 fully saturated rings. The Balaban J connectivity index is 2.45. The summed E-state index contributed by atoms with van der Waals surface area (Å²) in [7, 11) is 0. The molecular formula is C13H26N2O2. The molecule has 1 aliphatic heterocycles. The van der Waals surface area contributed by atoms with Crippen molar-refractivity contribution in [3.8, 4) is 0 Å². The van der Waals surface area contributed by atoms with Gasteiger partial charge in [0, 0.05) is 25.7 Å². The van der Waals surface area contributed by atoms with E-state index in [9.17, 15) is 4.79 Å². The number of amides is 1. The molecule has 0 aromatic carbocycles. The highest BCUT2D eigenvalue weighted by molar-refractivity contribution is 5.79. The lowest BCUT2D eigenvalue weighted by atomic mass is 10.0. The molecule has 1 rings (SSSR count). The zero-order valence-electron chi connectivity index (χ0n) is 11.3. The summed E-state index contributed by atoms with van der Waals surface area (Å²) in [4.78, 5) is 14.1. The van der Waals surface area contributed by atoms with Gasteiger partial charge in [0.1, 0.15) is 0 Å². The van der Waals surface area contributed by atoms with Gasteiger partial charge in [0.15, 0.2) is 0 Å². The maximum absolute atomic E-state index is 12.1. The highest BCUT2D eigenvalue weighted by atomic mass is 16.5. The molecule has 1 amide bonds. The molecule has 0 spiro atoms. The van der Waals surface area contributed by atoms with Gasteiger partial charge in [-0.2, -0.15) is 0 Å². The van der Waals surface area contributed by atoms with E-state index in [-0.39, 0.29) is 24.0 Å². The molecule has 2 N–H and O–H groups in total. The number of carbonyl (C=O) groups excluding carboxylic acids is 1. The van der Waals surface area contributed by atoms with Crippen LogP contribution in [0.2, 0.25) is 0 Å². The number of hydrogen-bond acceptors (Lipinski definition) is 3. The largest absolute Gasteiger partial charge is 0.376 e. The Bertz CT molecular complexity index is 244. The molecule has 4 heteroatoms. The van der Waals surface area contributed by atoms with Crippen LogP contribution in [0.4, 0.5) is 0 Å². The number of piperidine rings is 1. The first-order chi connectivity index (χ1) is 8.06. The Morgan fingerprint density at radius 2 is 2.24 bits per heavy atom. The average Bonchev–Trinajstić information content (AvgIpc) is 2.34. The lowest BCUT2D eigenvalue weighted by molar-refractivity contribution is -0.139. The highest BCUT2D eigenvalue weighted by Gasteiger charge is 2.28. The maximum atomic E-state index is 12.1. The number of likely N-dealkylation sites (tertiary alicyclic amines) is 1. The van der Waals surface area contributed by atoms with Crippen LogP contribution in [0.3, 0.4) is 0 Å². The summed E-state index contributed by atoms with van der Waals surface area (Å²) in [6.45, 7) is 8.26. The SMILES string of the molecule is CCCOC1CCCN(C(=O)C(C)C(C)N)C1. The number of carbonyl (C=O) groups is 1. The van der Waals surface area contributed by atoms with E-state index in [2.05, 4.69) is 6.92 Å². The second-order valence-corrected chi connectivity index (χ2v) is 5.07. The van der Waals surface area contributed by atoms with Crippen molar-refractivity contribution in [2.45, 2.75) is 52.2 Å². The Labute approximate surface area is 104 Å². The Morgan fingerprint density at radius 3 is 2.82 bits per heavy atom. The van der Waals surface area contributed by atoms with Crippen LogP contribution < -0.4 is 5.73 Å². The van der Waals surface area contributed by atoms with E-state index >= 15 is 0 Å². The zero-order chi connectivity index (χ0) is 12.8. The molecule has 3 unspecified atom stereocenters. The minimum absolute atomic E-state index is 0.0839. The second-order valence-electron chi connectivity index (χ2n) is 5.07. The van der Waals surface area contributed by atoms with Gasteiger partial charge in [0.2, 0.25) is 5.91 Å². The van der Waals surface area contributed by atoms with Gasteiger partial charge in [-0.15, -0.1) is 0 Å². The lowest BCUT2D eigenvalue weighted by Crippen LogP contribution is -2.48. The van der Waals surface area contributed by atoms with Crippen LogP contribution >= 0.6 is 0 Å². The third-order valence-corrected chi connectivity index (χ3v) is 3.43. The monoisotopic (exact) mass is 242 g/mol. The lowest BCUT2D eigenvalue weighted by Gasteiger charge is -2.34. The minimum atomic E-state index is -0.0973. The number of nitrogens with two attached hydrogens (primary N) is 1. The van der Waals surface area contributed by atoms with Crippen molar-refractivity contribution < 1.29 is 9.53 Å². The van der Waals surface area contributed by atoms with Crippen LogP contribution in [0.15, 0.2) is 0 Å². The van der Waals surface area contributed by atoms with E-state index in [1.807, 2.05) is 18.7 Å². The molecule has 0 bridgehead atoms. The van der Waals surface area contributed by atoms with E-state index < -0.39 is 0 Å². The van der Waals surface area contributed by atoms with Crippen LogP contribution in [0.25, 0.3) is 0 Å². The molecule has 1 saturated heterocycles. The molecular weight excluding hydrogens is 216 g/mol. The van der Waals surface area contributed by atoms with Gasteiger partial charge in [0.25, 0.3) is 0 Å². The molecule has 17 heavy (non-hydrogen) atoms. The Kier molecular flexibility index (Phi) is 5.92. The summed E-state index contributed by atoms with van der Waals surface area (Å²) in [5, 5.41) is 0. The van der Waals surface area contributed by atoms with Crippen molar-refractivity contribution in [2.75, 3.05) is 19.7 Å². The van der Waals surface area contributed by atoms with E-state index in [4.69, 9.17) is 10.5 Å². The summed E-state index contributed by atoms with van der Waals surface area (Å²) >= 11 is 0. The molecule has 1 heterocycles. The highest BCUT2D eigenvalue weighted by Crippen LogP contribution is 2.16. The third-order valence-electron chi connectivity index (χ3n) is 3.43. The van der Waals surface area contributed by atoms with Crippen molar-refractivity contribution in [3.63, 3.8) is 0 Å². The number of nitrogens with zero attached hydrogens (tertiary/aromatic N) is 1. The van der Waals surface area contributed by atoms with Crippen molar-refractivity contribution in [1.29, 1.82) is 0 Å². The fourth-order valence-corrected chi connectivity index (χ4v) is 2.07. The molecule has 100 valence electrons. The van der Waals surface area contributed by atoms with Gasteiger partial charge in [-0.25, -0.2) is 0 Å². The first-order valence-electron chi connectivity index (χ1n) is 6.72. The molecule has 0 aromatic heterocycles. The van der Waals surface area contributed by atoms with Crippen molar-refractivity contribution in [2.24, 2.45) is 11.7 Å². The van der Waals surface area contributed by atoms with Crippen LogP contribution in [0.5, 0.6) is 0 Å². The van der Waals surface area contributed by atoms with Crippen LogP contribution in [-0.2, 0) is 9.53 Å². The van der Waals surface area contributed by atoms with E-state index in [1.165, 1.54) is 0 Å². The Morgan fingerprint density at radius 1 is 1.53 bits per heavy atom. The van der Waals surface area contributed by atoms with E-state index in [1.54, 1.807) is 0 Å². The molecule has 3 atom stereocenters. The summed E-state index contributed by atoms with van der Waals surface area (Å²) in [5.74, 6) is 0.0738. The summed E-state index contributed by atoms with van der Waals surface area (Å²) in [5.41, 5.74) is 5.78. The molecule has 0 aromatic rings. The van der Waals surface area contributed by atoms with E-state index in [0.717, 1.165) is 39.0 Å². The van der Waals surface area contributed by atoms with Gasteiger partial charge in [-0.05, 0) is 26.2 Å². The first kappa shape index (κ1) is 14.5. The predicted molar refractivity (Wildman–Crippen MR) is 68.7 cm³/mol. The predicted octanol–water partition coefficient (Wildman–Crippen LogP) is 1.39. The van der Waals surface area contributed by atoms with Gasteiger partial charge in [-0.3, -0.25) is 4.79 Å². The molecule has 0 saturated carbocycles. The minimum Gasteiger partial charge on any atom is -0.376 e. The van der Waals surface area contributed by atoms with Gasteiger partial charge in [-0.1, -0.05) is 13.8 Å². The number of rotatable bonds is 5. The average molecular weight is 242 g/mol. The van der Waals surface area contributed by atoms with Crippen LogP contribution in [-0.4, -0.2) is 42.6 Å². The topological polar surface area (TPSA) is 55.6 Å². The van der Waals surface area contributed by atoms with Gasteiger partial charge < -0.3 is 15.4 Å². The maximum Gasteiger partial charge on any atom is 0.227 e. The summed E-state index contributed by atoms with van der Waals surface area (Å²) < 4.78 is 5.73. The second kappa shape index (κ2) is 6.97. The summed E-state index contributed by atoms with van der Waals surface area (Å²) in [6.07, 6.45) is 3.34. The smallest absolute Gasteiger partial charge is 0.227 e. The van der Waals surface area contributed by atoms with Gasteiger partial charge in [0.05, 0.1) is 12.0 Å². The molecule has 0 radical (unpaired) electrons. The van der Waals surface area contributed by atoms with Crippen molar-refractivity contribution in [1.82, 2.24) is 4.90 Å². The standard InChI is InChI=1S/C13H26N2O2/c1-4-8-17-12-6-5-7-15(9-12)13(16)10(2)11(3)14/h10-12H,4-9,14H2,1-3H3. The third kappa shape index (κ3) is 4.28. The first-order valence-corrected chi connectivity index (χ1v) is 6.72. The fraction of sp³-hybridized carbons (Fsp3) is 0.923. The number of hydrogen-bond donors (Lipinski definition) is 1. The Hall–Kier alpha value is -0.610. The number of ether oxygens (including phenoxy) is 1. The molecule has 4 nitrogen and oxygen atoms in total. The van der Waals surface area contributed by atoms with E-state index in [0.29, 0.717) is 0 Å². The fourth-order valence-electron chi connectivity index (χ4n) is 2.07. The molecule has 1 aliphatic rings. The van der Waals surface area contributed by atoms with Crippen LogP contribution in [0.1, 0.15) is 40.0 Å². The van der Waals surface area contributed by atoms with Crippen LogP contribution in [0, 0.1) is 5.92 Å². The van der Waals surface area contributed by atoms with Crippen molar-refractivity contribution >= 4 is 5.91 Å². The summed E-state index contributed by atoms with van der Waals surface area (Å²) in [6, 6.07) is -0.0839. The molecule has 0 aliphatic carbocycles.